The number of carbonyl (C=O) groups excluding carboxylic acids is 1. The number of hydrogen-bond acceptors (Lipinski definition) is 5. The molecule has 0 amide bonds. The molecule has 0 aromatic heterocycles. The van der Waals surface area contributed by atoms with Crippen molar-refractivity contribution in [3.63, 3.8) is 0 Å². The van der Waals surface area contributed by atoms with Crippen LogP contribution in [-0.2, 0) is 23.4 Å². The first-order valence-electron chi connectivity index (χ1n) is 3.92. The van der Waals surface area contributed by atoms with Gasteiger partial charge in [0, 0.05) is 5.57 Å². The Morgan fingerprint density at radius 2 is 2.14 bits per heavy atom. The normalized spacial score (nSPS) is 14.5. The van der Waals surface area contributed by atoms with E-state index in [1.54, 1.807) is 6.92 Å². The van der Waals surface area contributed by atoms with Crippen molar-refractivity contribution in [2.75, 3.05) is 6.61 Å². The van der Waals surface area contributed by atoms with Crippen LogP contribution in [0.4, 0.5) is 0 Å². The van der Waals surface area contributed by atoms with E-state index in [1.165, 1.54) is 6.92 Å². The van der Waals surface area contributed by atoms with Crippen LogP contribution < -0.4 is 0 Å². The largest absolute Gasteiger partial charge is 0.508 e. The lowest BCUT2D eigenvalue weighted by atomic mass is 10.4. The zero-order valence-electron chi connectivity index (χ0n) is 8.06. The van der Waals surface area contributed by atoms with Crippen molar-refractivity contribution in [2.24, 2.45) is 0 Å². The van der Waals surface area contributed by atoms with Crippen LogP contribution in [0.5, 0.6) is 0 Å². The minimum atomic E-state index is -4.29. The molecule has 0 saturated carbocycles. The molecule has 0 saturated heterocycles. The average molecular weight is 224 g/mol. The van der Waals surface area contributed by atoms with Gasteiger partial charge in [0.1, 0.15) is 0 Å². The minimum Gasteiger partial charge on any atom is -0.300 e. The number of rotatable bonds is 6. The molecule has 14 heavy (non-hydrogen) atoms. The van der Waals surface area contributed by atoms with Crippen molar-refractivity contribution in [2.45, 2.75) is 20.3 Å². The maximum Gasteiger partial charge on any atom is 0.508 e. The zero-order chi connectivity index (χ0) is 11.2. The molecule has 82 valence electrons. The van der Waals surface area contributed by atoms with Crippen molar-refractivity contribution in [3.05, 3.63) is 12.2 Å². The average Bonchev–Trinajstić information content (AvgIpc) is 2.11. The Bertz CT molecular complexity index is 261. The van der Waals surface area contributed by atoms with E-state index in [-0.39, 0.29) is 12.2 Å². The van der Waals surface area contributed by atoms with E-state index in [0.717, 1.165) is 0 Å². The minimum absolute atomic E-state index is 0.0401. The van der Waals surface area contributed by atoms with Crippen LogP contribution in [-0.4, -0.2) is 17.5 Å². The highest BCUT2D eigenvalue weighted by atomic mass is 31.2. The molecule has 0 aliphatic rings. The van der Waals surface area contributed by atoms with E-state index in [1.807, 2.05) is 0 Å². The van der Waals surface area contributed by atoms with Crippen LogP contribution in [0.2, 0.25) is 0 Å². The van der Waals surface area contributed by atoms with Gasteiger partial charge in [-0.1, -0.05) is 18.2 Å². The molecule has 0 aromatic carbocycles. The third kappa shape index (κ3) is 5.88. The highest BCUT2D eigenvalue weighted by Gasteiger charge is 2.24. The molecule has 0 aliphatic heterocycles. The van der Waals surface area contributed by atoms with Gasteiger partial charge in [0.15, 0.2) is 0 Å². The zero-order valence-corrected chi connectivity index (χ0v) is 8.95. The van der Waals surface area contributed by atoms with Gasteiger partial charge in [-0.3, -0.25) is 9.41 Å². The number of carbonyl (C=O) groups is 1. The Balaban J connectivity index is 3.93. The van der Waals surface area contributed by atoms with Crippen molar-refractivity contribution in [3.8, 4) is 0 Å². The van der Waals surface area contributed by atoms with E-state index in [2.05, 4.69) is 20.7 Å². The molecule has 0 fully saturated rings. The van der Waals surface area contributed by atoms with Crippen molar-refractivity contribution in [1.29, 1.82) is 0 Å². The van der Waals surface area contributed by atoms with E-state index in [0.29, 0.717) is 6.42 Å². The van der Waals surface area contributed by atoms with Crippen LogP contribution in [0.25, 0.3) is 0 Å². The maximum absolute atomic E-state index is 10.9. The standard InChI is InChI=1S/C7H13O6P/c1-4-5-11-14(9,10)13-12-7(8)6(2)3/h2,4-5H2,1,3H3,(H,9,10). The molecule has 0 rings (SSSR count). The lowest BCUT2D eigenvalue weighted by Crippen LogP contribution is -2.06. The fourth-order valence-electron chi connectivity index (χ4n) is 0.380. The topological polar surface area (TPSA) is 82.1 Å². The first kappa shape index (κ1) is 13.3. The summed E-state index contributed by atoms with van der Waals surface area (Å²) in [5, 5.41) is 0. The summed E-state index contributed by atoms with van der Waals surface area (Å²) in [4.78, 5) is 23.6. The Labute approximate surface area is 82.0 Å². The molecular weight excluding hydrogens is 211 g/mol. The predicted molar refractivity (Wildman–Crippen MR) is 48.1 cm³/mol. The van der Waals surface area contributed by atoms with Gasteiger partial charge in [-0.15, -0.1) is 0 Å². The first-order valence-corrected chi connectivity index (χ1v) is 5.42. The molecule has 1 unspecified atom stereocenters. The molecule has 0 radical (unpaired) electrons. The fourth-order valence-corrected chi connectivity index (χ4v) is 0.998. The molecule has 1 N–H and O–H groups in total. The third-order valence-electron chi connectivity index (χ3n) is 1.01. The van der Waals surface area contributed by atoms with Gasteiger partial charge in [0.2, 0.25) is 0 Å². The van der Waals surface area contributed by atoms with E-state index in [9.17, 15) is 9.36 Å². The summed E-state index contributed by atoms with van der Waals surface area (Å²) in [6.07, 6.45) is 0.544. The molecule has 0 aliphatic carbocycles. The fraction of sp³-hybridized carbons (Fsp3) is 0.571. The van der Waals surface area contributed by atoms with Crippen molar-refractivity contribution < 1.29 is 28.3 Å². The molecule has 7 heteroatoms. The highest BCUT2D eigenvalue weighted by Crippen LogP contribution is 2.43. The second kappa shape index (κ2) is 5.93. The smallest absolute Gasteiger partial charge is 0.300 e. The van der Waals surface area contributed by atoms with E-state index >= 15 is 0 Å². The van der Waals surface area contributed by atoms with Crippen LogP contribution in [0.1, 0.15) is 20.3 Å². The first-order chi connectivity index (χ1) is 6.39. The van der Waals surface area contributed by atoms with Gasteiger partial charge < -0.3 is 4.89 Å². The lowest BCUT2D eigenvalue weighted by Gasteiger charge is -2.09. The van der Waals surface area contributed by atoms with Gasteiger partial charge in [-0.2, -0.15) is 0 Å². The molecule has 1 atom stereocenters. The summed E-state index contributed by atoms with van der Waals surface area (Å²) in [5.41, 5.74) is 0.0560. The Kier molecular flexibility index (Phi) is 5.64. The van der Waals surface area contributed by atoms with Gasteiger partial charge in [0.05, 0.1) is 6.61 Å². The molecule has 0 bridgehead atoms. The summed E-state index contributed by atoms with van der Waals surface area (Å²) in [6.45, 7) is 6.42. The predicted octanol–water partition coefficient (Wildman–Crippen LogP) is 1.56. The van der Waals surface area contributed by atoms with Crippen LogP contribution in [0, 0.1) is 0 Å². The SMILES string of the molecule is C=C(C)C(=O)OOP(=O)(O)OCCC. The number of phosphoric acid groups is 1. The Morgan fingerprint density at radius 3 is 2.57 bits per heavy atom. The molecule has 0 spiro atoms. The number of hydrogen-bond donors (Lipinski definition) is 1. The Morgan fingerprint density at radius 1 is 1.57 bits per heavy atom. The molecule has 0 aromatic rings. The number of phosphoric ester groups is 1. The van der Waals surface area contributed by atoms with Gasteiger partial charge in [-0.25, -0.2) is 9.36 Å². The monoisotopic (exact) mass is 224 g/mol. The van der Waals surface area contributed by atoms with E-state index in [4.69, 9.17) is 4.89 Å². The summed E-state index contributed by atoms with van der Waals surface area (Å²) < 4.78 is 19.2. The van der Waals surface area contributed by atoms with Crippen LogP contribution in [0.3, 0.4) is 0 Å². The van der Waals surface area contributed by atoms with Gasteiger partial charge >= 0.3 is 13.8 Å². The quantitative estimate of drug-likeness (QED) is 0.319. The second-order valence-electron chi connectivity index (χ2n) is 2.53. The summed E-state index contributed by atoms with van der Waals surface area (Å²) in [6, 6.07) is 0. The van der Waals surface area contributed by atoms with E-state index < -0.39 is 13.8 Å². The molecule has 6 nitrogen and oxygen atoms in total. The highest BCUT2D eigenvalue weighted by molar-refractivity contribution is 7.47. The summed E-state index contributed by atoms with van der Waals surface area (Å²) >= 11 is 0. The lowest BCUT2D eigenvalue weighted by molar-refractivity contribution is -0.218. The van der Waals surface area contributed by atoms with Crippen molar-refractivity contribution in [1.82, 2.24) is 0 Å². The Hall–Kier alpha value is -0.680. The van der Waals surface area contributed by atoms with Gasteiger partial charge in [-0.05, 0) is 13.3 Å². The van der Waals surface area contributed by atoms with Crippen molar-refractivity contribution >= 4 is 13.8 Å². The van der Waals surface area contributed by atoms with Gasteiger partial charge in [0.25, 0.3) is 0 Å². The summed E-state index contributed by atoms with van der Waals surface area (Å²) in [7, 11) is -4.29. The maximum atomic E-state index is 10.9. The summed E-state index contributed by atoms with van der Waals surface area (Å²) in [5.74, 6) is -0.917. The van der Waals surface area contributed by atoms with Crippen LogP contribution >= 0.6 is 7.82 Å². The second-order valence-corrected chi connectivity index (χ2v) is 3.87. The molecular formula is C7H13O6P. The van der Waals surface area contributed by atoms with Crippen LogP contribution in [0.15, 0.2) is 12.2 Å². The third-order valence-corrected chi connectivity index (χ3v) is 1.79. The molecule has 0 heterocycles.